The molecule has 5 heteroatoms. The maximum Gasteiger partial charge on any atom is 0.191 e. The highest BCUT2D eigenvalue weighted by molar-refractivity contribution is 7.07. The number of hydrogen-bond acceptors (Lipinski definition) is 3. The van der Waals surface area contributed by atoms with E-state index in [1.54, 1.807) is 18.4 Å². The Kier molecular flexibility index (Phi) is 6.27. The average molecular weight is 317 g/mol. The molecule has 2 N–H and O–H groups in total. The van der Waals surface area contributed by atoms with E-state index in [1.807, 2.05) is 6.92 Å². The molecule has 0 aliphatic heterocycles. The van der Waals surface area contributed by atoms with Gasteiger partial charge in [0, 0.05) is 13.1 Å². The maximum atomic E-state index is 5.36. The Morgan fingerprint density at radius 1 is 1.23 bits per heavy atom. The molecule has 2 rings (SSSR count). The summed E-state index contributed by atoms with van der Waals surface area (Å²) in [6.07, 6.45) is 0. The van der Waals surface area contributed by atoms with Gasteiger partial charge in [-0.25, -0.2) is 4.99 Å². The van der Waals surface area contributed by atoms with Crippen LogP contribution in [0.25, 0.3) is 0 Å². The lowest BCUT2D eigenvalue weighted by Gasteiger charge is -2.12. The van der Waals surface area contributed by atoms with Gasteiger partial charge in [-0.1, -0.05) is 12.1 Å². The zero-order valence-corrected chi connectivity index (χ0v) is 14.2. The summed E-state index contributed by atoms with van der Waals surface area (Å²) in [6, 6.07) is 8.34. The zero-order chi connectivity index (χ0) is 15.8. The fourth-order valence-corrected chi connectivity index (χ4v) is 2.71. The summed E-state index contributed by atoms with van der Waals surface area (Å²) in [7, 11) is 1.70. The first-order valence-corrected chi connectivity index (χ1v) is 8.34. The Morgan fingerprint density at radius 2 is 2.09 bits per heavy atom. The van der Waals surface area contributed by atoms with Crippen molar-refractivity contribution in [3.63, 3.8) is 0 Å². The largest absolute Gasteiger partial charge is 0.496 e. The van der Waals surface area contributed by atoms with Crippen molar-refractivity contribution in [2.45, 2.75) is 26.9 Å². The first-order valence-electron chi connectivity index (χ1n) is 7.39. The molecule has 0 saturated carbocycles. The summed E-state index contributed by atoms with van der Waals surface area (Å²) in [5.74, 6) is 1.74. The quantitative estimate of drug-likeness (QED) is 0.634. The monoisotopic (exact) mass is 317 g/mol. The standard InChI is InChI=1S/C17H23N3OS/c1-4-18-17(20-11-15-7-8-22-12-15)19-10-14-6-5-13(2)16(9-14)21-3/h5-9,12H,4,10-11H2,1-3H3,(H2,18,19,20). The van der Waals surface area contributed by atoms with E-state index in [1.165, 1.54) is 11.1 Å². The Balaban J connectivity index is 1.97. The van der Waals surface area contributed by atoms with Crippen molar-refractivity contribution in [2.24, 2.45) is 4.99 Å². The maximum absolute atomic E-state index is 5.36. The molecule has 2 aromatic rings. The third kappa shape index (κ3) is 4.77. The van der Waals surface area contributed by atoms with Crippen molar-refractivity contribution in [1.82, 2.24) is 10.6 Å². The molecule has 0 fully saturated rings. The molecule has 0 unspecified atom stereocenters. The van der Waals surface area contributed by atoms with Crippen LogP contribution in [0.1, 0.15) is 23.6 Å². The van der Waals surface area contributed by atoms with Crippen molar-refractivity contribution < 1.29 is 4.74 Å². The number of aryl methyl sites for hydroxylation is 1. The van der Waals surface area contributed by atoms with Crippen molar-refractivity contribution in [1.29, 1.82) is 0 Å². The first kappa shape index (κ1) is 16.4. The molecule has 1 heterocycles. The molecule has 118 valence electrons. The van der Waals surface area contributed by atoms with Crippen LogP contribution in [0.3, 0.4) is 0 Å². The molecular weight excluding hydrogens is 294 g/mol. The lowest BCUT2D eigenvalue weighted by Crippen LogP contribution is -2.36. The predicted molar refractivity (Wildman–Crippen MR) is 93.7 cm³/mol. The molecule has 0 aliphatic carbocycles. The number of aliphatic imine (C=N–C) groups is 1. The minimum atomic E-state index is 0.691. The van der Waals surface area contributed by atoms with Crippen LogP contribution in [0.15, 0.2) is 40.0 Å². The van der Waals surface area contributed by atoms with Crippen LogP contribution >= 0.6 is 11.3 Å². The number of ether oxygens (including phenoxy) is 1. The number of methoxy groups -OCH3 is 1. The molecular formula is C17H23N3OS. The van der Waals surface area contributed by atoms with Crippen molar-refractivity contribution in [2.75, 3.05) is 13.7 Å². The summed E-state index contributed by atoms with van der Waals surface area (Å²) < 4.78 is 5.36. The first-order chi connectivity index (χ1) is 10.7. The van der Waals surface area contributed by atoms with Gasteiger partial charge in [-0.2, -0.15) is 11.3 Å². The third-order valence-corrected chi connectivity index (χ3v) is 4.01. The third-order valence-electron chi connectivity index (χ3n) is 3.28. The van der Waals surface area contributed by atoms with E-state index < -0.39 is 0 Å². The molecule has 22 heavy (non-hydrogen) atoms. The highest BCUT2D eigenvalue weighted by atomic mass is 32.1. The Bertz CT molecular complexity index is 608. The number of guanidine groups is 1. The highest BCUT2D eigenvalue weighted by Gasteiger charge is 2.02. The second-order valence-electron chi connectivity index (χ2n) is 4.98. The smallest absolute Gasteiger partial charge is 0.191 e. The summed E-state index contributed by atoms with van der Waals surface area (Å²) >= 11 is 1.70. The van der Waals surface area contributed by atoms with Crippen LogP contribution in [-0.4, -0.2) is 19.6 Å². The molecule has 0 bridgehead atoms. The summed E-state index contributed by atoms with van der Waals surface area (Å²) in [5.41, 5.74) is 3.55. The van der Waals surface area contributed by atoms with Gasteiger partial charge in [0.1, 0.15) is 5.75 Å². The number of nitrogens with one attached hydrogen (secondary N) is 2. The lowest BCUT2D eigenvalue weighted by atomic mass is 10.1. The van der Waals surface area contributed by atoms with Crippen LogP contribution in [0.2, 0.25) is 0 Å². The lowest BCUT2D eigenvalue weighted by molar-refractivity contribution is 0.411. The number of rotatable bonds is 6. The fraction of sp³-hybridized carbons (Fsp3) is 0.353. The summed E-state index contributed by atoms with van der Waals surface area (Å²) in [6.45, 7) is 6.36. The van der Waals surface area contributed by atoms with Gasteiger partial charge >= 0.3 is 0 Å². The molecule has 0 atom stereocenters. The summed E-state index contributed by atoms with van der Waals surface area (Å²) in [4.78, 5) is 4.60. The SMILES string of the molecule is CCNC(=NCc1ccsc1)NCc1ccc(C)c(OC)c1. The van der Waals surface area contributed by atoms with Gasteiger partial charge in [0.25, 0.3) is 0 Å². The van der Waals surface area contributed by atoms with Gasteiger partial charge in [0.05, 0.1) is 13.7 Å². The minimum Gasteiger partial charge on any atom is -0.496 e. The number of hydrogen-bond donors (Lipinski definition) is 2. The van der Waals surface area contributed by atoms with E-state index in [-0.39, 0.29) is 0 Å². The topological polar surface area (TPSA) is 45.7 Å². The van der Waals surface area contributed by atoms with Gasteiger partial charge in [0.15, 0.2) is 5.96 Å². The molecule has 0 aliphatic rings. The van der Waals surface area contributed by atoms with Gasteiger partial charge in [0.2, 0.25) is 0 Å². The highest BCUT2D eigenvalue weighted by Crippen LogP contribution is 2.18. The van der Waals surface area contributed by atoms with Gasteiger partial charge in [-0.15, -0.1) is 0 Å². The van der Waals surface area contributed by atoms with Gasteiger partial charge < -0.3 is 15.4 Å². The van der Waals surface area contributed by atoms with Crippen LogP contribution < -0.4 is 15.4 Å². The van der Waals surface area contributed by atoms with E-state index in [2.05, 4.69) is 57.6 Å². The predicted octanol–water partition coefficient (Wildman–Crippen LogP) is 3.32. The molecule has 0 amide bonds. The molecule has 0 radical (unpaired) electrons. The molecule has 1 aromatic carbocycles. The van der Waals surface area contributed by atoms with Crippen molar-refractivity contribution >= 4 is 17.3 Å². The number of benzene rings is 1. The van der Waals surface area contributed by atoms with E-state index in [9.17, 15) is 0 Å². The van der Waals surface area contributed by atoms with E-state index in [0.29, 0.717) is 13.1 Å². The number of thiophene rings is 1. The van der Waals surface area contributed by atoms with Crippen LogP contribution in [0.4, 0.5) is 0 Å². The molecule has 4 nitrogen and oxygen atoms in total. The normalized spacial score (nSPS) is 11.3. The van der Waals surface area contributed by atoms with Gasteiger partial charge in [-0.3, -0.25) is 0 Å². The fourth-order valence-electron chi connectivity index (χ4n) is 2.05. The molecule has 1 aromatic heterocycles. The molecule has 0 saturated heterocycles. The Morgan fingerprint density at radius 3 is 2.77 bits per heavy atom. The average Bonchev–Trinajstić information content (AvgIpc) is 3.04. The Labute approximate surface area is 136 Å². The van der Waals surface area contributed by atoms with E-state index in [4.69, 9.17) is 4.74 Å². The van der Waals surface area contributed by atoms with Gasteiger partial charge in [-0.05, 0) is 53.4 Å². The zero-order valence-electron chi connectivity index (χ0n) is 13.3. The van der Waals surface area contributed by atoms with Crippen molar-refractivity contribution in [3.05, 3.63) is 51.7 Å². The minimum absolute atomic E-state index is 0.691. The van der Waals surface area contributed by atoms with E-state index in [0.717, 1.165) is 23.8 Å². The van der Waals surface area contributed by atoms with Crippen LogP contribution in [-0.2, 0) is 13.1 Å². The van der Waals surface area contributed by atoms with Crippen LogP contribution in [0.5, 0.6) is 5.75 Å². The Hall–Kier alpha value is -2.01. The molecule has 0 spiro atoms. The second kappa shape index (κ2) is 8.44. The number of nitrogens with zero attached hydrogens (tertiary/aromatic N) is 1. The summed E-state index contributed by atoms with van der Waals surface area (Å²) in [5, 5.41) is 10.8. The van der Waals surface area contributed by atoms with Crippen LogP contribution in [0, 0.1) is 6.92 Å². The second-order valence-corrected chi connectivity index (χ2v) is 5.76. The van der Waals surface area contributed by atoms with Crippen molar-refractivity contribution in [3.8, 4) is 5.75 Å². The van der Waals surface area contributed by atoms with E-state index >= 15 is 0 Å².